The number of hydrogen-bond acceptors (Lipinski definition) is 3. The number of hydrogen-bond donors (Lipinski definition) is 1. The van der Waals surface area contributed by atoms with E-state index in [9.17, 15) is 4.79 Å². The maximum absolute atomic E-state index is 12.4. The molecule has 1 atom stereocenters. The van der Waals surface area contributed by atoms with Gasteiger partial charge in [0.1, 0.15) is 5.65 Å². The molecule has 0 aliphatic heterocycles. The van der Waals surface area contributed by atoms with Crippen LogP contribution in [0.4, 0.5) is 0 Å². The number of fused-ring (bicyclic) bond motifs is 1. The Hall–Kier alpha value is -2.46. The lowest BCUT2D eigenvalue weighted by Gasteiger charge is -2.23. The first kappa shape index (κ1) is 20.3. The van der Waals surface area contributed by atoms with Crippen molar-refractivity contribution in [3.05, 3.63) is 81.4 Å². The van der Waals surface area contributed by atoms with Crippen LogP contribution in [0, 0.1) is 18.8 Å². The normalized spacial score (nSPS) is 12.8. The van der Waals surface area contributed by atoms with E-state index in [0.717, 1.165) is 17.7 Å². The summed E-state index contributed by atoms with van der Waals surface area (Å²) in [5.41, 5.74) is 5.12. The van der Waals surface area contributed by atoms with Crippen molar-refractivity contribution >= 4 is 5.65 Å². The van der Waals surface area contributed by atoms with Crippen LogP contribution in [0.1, 0.15) is 56.1 Å². The summed E-state index contributed by atoms with van der Waals surface area (Å²) in [6.07, 6.45) is 2.93. The van der Waals surface area contributed by atoms with Crippen LogP contribution in [0.5, 0.6) is 0 Å². The highest BCUT2D eigenvalue weighted by atomic mass is 16.1. The van der Waals surface area contributed by atoms with Crippen LogP contribution in [-0.4, -0.2) is 9.38 Å². The van der Waals surface area contributed by atoms with Crippen LogP contribution >= 0.6 is 0 Å². The van der Waals surface area contributed by atoms with Crippen LogP contribution in [0.3, 0.4) is 0 Å². The number of aryl methyl sites for hydroxylation is 1. The molecule has 0 fully saturated rings. The molecule has 0 radical (unpaired) electrons. The second-order valence-electron chi connectivity index (χ2n) is 8.46. The second-order valence-corrected chi connectivity index (χ2v) is 8.46. The first-order valence-corrected chi connectivity index (χ1v) is 10.1. The summed E-state index contributed by atoms with van der Waals surface area (Å²) >= 11 is 0. The smallest absolute Gasteiger partial charge is 0.258 e. The molecule has 148 valence electrons. The fourth-order valence-corrected chi connectivity index (χ4v) is 3.63. The van der Waals surface area contributed by atoms with E-state index < -0.39 is 0 Å². The first-order chi connectivity index (χ1) is 13.3. The van der Waals surface area contributed by atoms with E-state index in [4.69, 9.17) is 0 Å². The molecule has 0 bridgehead atoms. The molecular formula is C24H31N3O. The fraction of sp³-hybridized carbons (Fsp3) is 0.417. The van der Waals surface area contributed by atoms with Gasteiger partial charge in [-0.2, -0.15) is 0 Å². The number of nitrogens with one attached hydrogen (secondary N) is 1. The minimum Gasteiger partial charge on any atom is -0.304 e. The van der Waals surface area contributed by atoms with E-state index in [1.807, 2.05) is 25.3 Å². The summed E-state index contributed by atoms with van der Waals surface area (Å²) < 4.78 is 1.60. The molecule has 0 aliphatic carbocycles. The maximum atomic E-state index is 12.4. The van der Waals surface area contributed by atoms with Gasteiger partial charge in [0.25, 0.3) is 5.56 Å². The fourth-order valence-electron chi connectivity index (χ4n) is 3.63. The van der Waals surface area contributed by atoms with Crippen LogP contribution in [0.15, 0.2) is 53.5 Å². The van der Waals surface area contributed by atoms with Crippen molar-refractivity contribution in [3.8, 4) is 0 Å². The molecule has 1 N–H and O–H groups in total. The first-order valence-electron chi connectivity index (χ1n) is 10.1. The summed E-state index contributed by atoms with van der Waals surface area (Å²) in [5, 5.41) is 3.60. The van der Waals surface area contributed by atoms with Gasteiger partial charge in [-0.05, 0) is 47.9 Å². The number of aromatic nitrogens is 2. The van der Waals surface area contributed by atoms with Crippen molar-refractivity contribution in [1.82, 2.24) is 14.7 Å². The number of rotatable bonds is 7. The quantitative estimate of drug-likeness (QED) is 0.650. The Kier molecular flexibility index (Phi) is 6.30. The predicted octanol–water partition coefficient (Wildman–Crippen LogP) is 4.69. The molecule has 4 heteroatoms. The molecule has 3 rings (SSSR count). The van der Waals surface area contributed by atoms with E-state index in [1.165, 1.54) is 11.1 Å². The standard InChI is InChI=1S/C24H31N3O/c1-16(2)12-19-7-9-20(10-8-19)24(17(3)4)25-14-21-13-23(28)27-15-18(5)6-11-22(27)26-21/h6-11,13,15-17,24-25H,12,14H2,1-5H3. The Bertz CT molecular complexity index is 987. The Labute approximate surface area is 167 Å². The van der Waals surface area contributed by atoms with Crippen LogP contribution < -0.4 is 10.9 Å². The molecule has 4 nitrogen and oxygen atoms in total. The van der Waals surface area contributed by atoms with Crippen LogP contribution in [0.25, 0.3) is 5.65 Å². The van der Waals surface area contributed by atoms with Crippen LogP contribution in [0.2, 0.25) is 0 Å². The average Bonchev–Trinajstić information content (AvgIpc) is 2.63. The monoisotopic (exact) mass is 377 g/mol. The van der Waals surface area contributed by atoms with Gasteiger partial charge in [0, 0.05) is 24.8 Å². The summed E-state index contributed by atoms with van der Waals surface area (Å²) in [7, 11) is 0. The van der Waals surface area contributed by atoms with Gasteiger partial charge in [0.15, 0.2) is 0 Å². The molecule has 0 aliphatic rings. The maximum Gasteiger partial charge on any atom is 0.258 e. The van der Waals surface area contributed by atoms with Gasteiger partial charge in [-0.3, -0.25) is 9.20 Å². The third-order valence-corrected chi connectivity index (χ3v) is 5.01. The molecule has 1 unspecified atom stereocenters. The molecule has 0 amide bonds. The minimum absolute atomic E-state index is 0.0374. The van der Waals surface area contributed by atoms with Gasteiger partial charge in [-0.15, -0.1) is 0 Å². The second kappa shape index (κ2) is 8.70. The Morgan fingerprint density at radius 3 is 2.39 bits per heavy atom. The molecule has 2 heterocycles. The molecule has 0 saturated heterocycles. The molecule has 1 aromatic carbocycles. The van der Waals surface area contributed by atoms with Gasteiger partial charge >= 0.3 is 0 Å². The van der Waals surface area contributed by atoms with Crippen molar-refractivity contribution in [3.63, 3.8) is 0 Å². The van der Waals surface area contributed by atoms with E-state index in [2.05, 4.69) is 62.3 Å². The number of nitrogens with zero attached hydrogens (tertiary/aromatic N) is 2. The molecule has 0 spiro atoms. The van der Waals surface area contributed by atoms with E-state index in [1.54, 1.807) is 10.5 Å². The van der Waals surface area contributed by atoms with Crippen LogP contribution in [-0.2, 0) is 13.0 Å². The Balaban J connectivity index is 1.77. The Morgan fingerprint density at radius 1 is 1.04 bits per heavy atom. The Morgan fingerprint density at radius 2 is 1.75 bits per heavy atom. The van der Waals surface area contributed by atoms with Gasteiger partial charge in [0.2, 0.25) is 0 Å². The zero-order chi connectivity index (χ0) is 20.3. The van der Waals surface area contributed by atoms with E-state index in [-0.39, 0.29) is 11.6 Å². The molecular weight excluding hydrogens is 346 g/mol. The van der Waals surface area contributed by atoms with Crippen molar-refractivity contribution in [1.29, 1.82) is 0 Å². The van der Waals surface area contributed by atoms with Gasteiger partial charge in [0.05, 0.1) is 5.69 Å². The molecule has 28 heavy (non-hydrogen) atoms. The minimum atomic E-state index is -0.0374. The summed E-state index contributed by atoms with van der Waals surface area (Å²) in [5.74, 6) is 1.09. The van der Waals surface area contributed by atoms with Gasteiger partial charge in [-0.1, -0.05) is 58.0 Å². The molecule has 2 aromatic heterocycles. The topological polar surface area (TPSA) is 46.4 Å². The zero-order valence-corrected chi connectivity index (χ0v) is 17.6. The summed E-state index contributed by atoms with van der Waals surface area (Å²) in [6, 6.07) is 14.6. The predicted molar refractivity (Wildman–Crippen MR) is 116 cm³/mol. The van der Waals surface area contributed by atoms with Crippen molar-refractivity contribution < 1.29 is 0 Å². The largest absolute Gasteiger partial charge is 0.304 e. The number of pyridine rings is 1. The van der Waals surface area contributed by atoms with Crippen molar-refractivity contribution in [2.45, 2.75) is 53.6 Å². The summed E-state index contributed by atoms with van der Waals surface area (Å²) in [4.78, 5) is 17.1. The van der Waals surface area contributed by atoms with Gasteiger partial charge in [-0.25, -0.2) is 4.98 Å². The summed E-state index contributed by atoms with van der Waals surface area (Å²) in [6.45, 7) is 11.5. The third kappa shape index (κ3) is 4.87. The highest BCUT2D eigenvalue weighted by Crippen LogP contribution is 2.23. The lowest BCUT2D eigenvalue weighted by molar-refractivity contribution is 0.408. The zero-order valence-electron chi connectivity index (χ0n) is 17.6. The van der Waals surface area contributed by atoms with E-state index >= 15 is 0 Å². The highest BCUT2D eigenvalue weighted by molar-refractivity contribution is 5.40. The number of benzene rings is 1. The van der Waals surface area contributed by atoms with Crippen molar-refractivity contribution in [2.24, 2.45) is 11.8 Å². The lowest BCUT2D eigenvalue weighted by Crippen LogP contribution is -2.27. The highest BCUT2D eigenvalue weighted by Gasteiger charge is 2.16. The molecule has 3 aromatic rings. The average molecular weight is 378 g/mol. The molecule has 0 saturated carbocycles. The van der Waals surface area contributed by atoms with Gasteiger partial charge < -0.3 is 5.32 Å². The third-order valence-electron chi connectivity index (χ3n) is 5.01. The van der Waals surface area contributed by atoms with Crippen molar-refractivity contribution in [2.75, 3.05) is 0 Å². The van der Waals surface area contributed by atoms with E-state index in [0.29, 0.717) is 24.0 Å². The lowest BCUT2D eigenvalue weighted by atomic mass is 9.93. The SMILES string of the molecule is Cc1ccc2nc(CNC(c3ccc(CC(C)C)cc3)C(C)C)cc(=O)n2c1.